The van der Waals surface area contributed by atoms with Gasteiger partial charge in [0.15, 0.2) is 0 Å². The molecule has 4 rings (SSSR count). The van der Waals surface area contributed by atoms with Crippen LogP contribution in [0.2, 0.25) is 0 Å². The Labute approximate surface area is 123 Å². The van der Waals surface area contributed by atoms with Crippen molar-refractivity contribution in [1.82, 2.24) is 0 Å². The lowest BCUT2D eigenvalue weighted by molar-refractivity contribution is -0.0443. The molecule has 0 aromatic rings. The van der Waals surface area contributed by atoms with Gasteiger partial charge in [-0.15, -0.1) is 11.6 Å². The summed E-state index contributed by atoms with van der Waals surface area (Å²) in [6.07, 6.45) is 6.43. The van der Waals surface area contributed by atoms with E-state index in [1.54, 1.807) is 0 Å². The zero-order valence-electron chi connectivity index (χ0n) is 11.3. The van der Waals surface area contributed by atoms with Crippen LogP contribution in [0.3, 0.4) is 0 Å². The van der Waals surface area contributed by atoms with Gasteiger partial charge in [-0.25, -0.2) is 0 Å². The molecule has 2 fully saturated rings. The van der Waals surface area contributed by atoms with E-state index < -0.39 is 0 Å². The first-order chi connectivity index (χ1) is 8.23. The van der Waals surface area contributed by atoms with Crippen LogP contribution in [0, 0.1) is 16.2 Å². The maximum atomic E-state index is 10.3. The zero-order valence-corrected chi connectivity index (χ0v) is 13.7. The Morgan fingerprint density at radius 1 is 1.33 bits per heavy atom. The van der Waals surface area contributed by atoms with E-state index in [9.17, 15) is 5.11 Å². The minimum atomic E-state index is -0.270. The van der Waals surface area contributed by atoms with Gasteiger partial charge < -0.3 is 5.11 Å². The molecule has 0 radical (unpaired) electrons. The fraction of sp³-hybridized carbons (Fsp3) is 0.867. The average Bonchev–Trinajstić information content (AvgIpc) is 2.28. The zero-order chi connectivity index (χ0) is 13.3. The number of hydrogen-bond donors (Lipinski definition) is 1. The molecule has 3 heteroatoms. The van der Waals surface area contributed by atoms with E-state index in [2.05, 4.69) is 42.8 Å². The third-order valence-corrected chi connectivity index (χ3v) is 8.55. The van der Waals surface area contributed by atoms with E-state index in [0.29, 0.717) is 0 Å². The number of aliphatic hydroxyl groups is 1. The second-order valence-corrected chi connectivity index (χ2v) is 8.84. The molecule has 0 aromatic heterocycles. The first-order valence-electron chi connectivity index (χ1n) is 6.91. The van der Waals surface area contributed by atoms with Gasteiger partial charge in [0, 0.05) is 15.6 Å². The fourth-order valence-corrected chi connectivity index (χ4v) is 5.66. The molecule has 0 heterocycles. The molecule has 4 aliphatic carbocycles. The molecule has 2 bridgehead atoms. The topological polar surface area (TPSA) is 20.2 Å². The quantitative estimate of drug-likeness (QED) is 0.518. The molecule has 102 valence electrons. The minimum absolute atomic E-state index is 0.0609. The summed E-state index contributed by atoms with van der Waals surface area (Å²) in [6, 6.07) is 0. The minimum Gasteiger partial charge on any atom is -0.392 e. The Morgan fingerprint density at radius 2 is 2.00 bits per heavy atom. The summed E-state index contributed by atoms with van der Waals surface area (Å²) in [6.45, 7) is 6.86. The average molecular weight is 334 g/mol. The second kappa shape index (κ2) is 3.77. The summed E-state index contributed by atoms with van der Waals surface area (Å²) in [5.74, 6) is 0. The van der Waals surface area contributed by atoms with Crippen LogP contribution < -0.4 is 0 Å². The predicted octanol–water partition coefficient (Wildman–Crippen LogP) is 4.26. The number of halogens is 2. The highest BCUT2D eigenvalue weighted by molar-refractivity contribution is 9.09. The van der Waals surface area contributed by atoms with E-state index in [4.69, 9.17) is 11.6 Å². The molecular weight excluding hydrogens is 312 g/mol. The molecule has 18 heavy (non-hydrogen) atoms. The Morgan fingerprint density at radius 3 is 2.61 bits per heavy atom. The molecule has 2 saturated carbocycles. The van der Waals surface area contributed by atoms with Gasteiger partial charge in [0.1, 0.15) is 0 Å². The lowest BCUT2D eigenvalue weighted by atomic mass is 9.43. The molecule has 2 unspecified atom stereocenters. The molecule has 1 N–H and O–H groups in total. The molecule has 0 amide bonds. The van der Waals surface area contributed by atoms with Gasteiger partial charge in [-0.3, -0.25) is 0 Å². The number of aliphatic hydroxyl groups excluding tert-OH is 1. The Balaban J connectivity index is 2.15. The number of alkyl halides is 2. The number of allylic oxidation sites excluding steroid dienone is 1. The third kappa shape index (κ3) is 1.43. The van der Waals surface area contributed by atoms with Gasteiger partial charge in [-0.1, -0.05) is 48.4 Å². The van der Waals surface area contributed by atoms with Crippen LogP contribution in [0.25, 0.3) is 0 Å². The number of fused-ring (bicyclic) bond motifs is 2. The van der Waals surface area contributed by atoms with Gasteiger partial charge in [-0.05, 0) is 36.5 Å². The van der Waals surface area contributed by atoms with E-state index in [-0.39, 0.29) is 32.6 Å². The van der Waals surface area contributed by atoms with Gasteiger partial charge in [0.2, 0.25) is 0 Å². The van der Waals surface area contributed by atoms with Crippen molar-refractivity contribution < 1.29 is 5.11 Å². The van der Waals surface area contributed by atoms with Crippen LogP contribution in [0.5, 0.6) is 0 Å². The highest BCUT2D eigenvalue weighted by atomic mass is 79.9. The van der Waals surface area contributed by atoms with Crippen LogP contribution in [0.15, 0.2) is 11.6 Å². The summed E-state index contributed by atoms with van der Waals surface area (Å²) in [5, 5.41) is 10.5. The predicted molar refractivity (Wildman–Crippen MR) is 79.2 cm³/mol. The SMILES string of the molecule is CC12C=C3C[C@H](O)[C@H](Br)C(C)(C)C3(CC1)C[C@@H]2Cl. The van der Waals surface area contributed by atoms with Gasteiger partial charge in [-0.2, -0.15) is 0 Å². The van der Waals surface area contributed by atoms with Crippen LogP contribution in [-0.4, -0.2) is 21.4 Å². The monoisotopic (exact) mass is 332 g/mol. The summed E-state index contributed by atoms with van der Waals surface area (Å²) in [4.78, 5) is 0.161. The molecule has 0 aromatic carbocycles. The van der Waals surface area contributed by atoms with Crippen LogP contribution in [0.4, 0.5) is 0 Å². The van der Waals surface area contributed by atoms with E-state index >= 15 is 0 Å². The van der Waals surface area contributed by atoms with Crippen LogP contribution >= 0.6 is 27.5 Å². The summed E-state index contributed by atoms with van der Waals surface area (Å²) < 4.78 is 0. The normalized spacial score (nSPS) is 53.9. The standard InChI is InChI=1S/C15H22BrClO/c1-13(2)12(16)10(18)6-9-7-14(3)4-5-15(9,13)8-11(14)17/h7,10-12,18H,4-6,8H2,1-3H3/t10-,11-,12-,14?,15?/m0/s1. The van der Waals surface area contributed by atoms with Crippen molar-refractivity contribution in [2.75, 3.05) is 0 Å². The lowest BCUT2D eigenvalue weighted by Crippen LogP contribution is -2.60. The molecule has 1 spiro atoms. The first-order valence-corrected chi connectivity index (χ1v) is 8.27. The Bertz CT molecular complexity index is 419. The molecule has 1 nitrogen and oxygen atoms in total. The van der Waals surface area contributed by atoms with Crippen molar-refractivity contribution in [2.24, 2.45) is 16.2 Å². The second-order valence-electron chi connectivity index (χ2n) is 7.32. The Hall–Kier alpha value is 0.470. The number of rotatable bonds is 0. The highest BCUT2D eigenvalue weighted by Gasteiger charge is 2.62. The highest BCUT2D eigenvalue weighted by Crippen LogP contribution is 2.68. The van der Waals surface area contributed by atoms with Crippen molar-refractivity contribution in [1.29, 1.82) is 0 Å². The summed E-state index contributed by atoms with van der Waals surface area (Å²) in [5.41, 5.74) is 1.88. The molecule has 4 aliphatic rings. The molecule has 0 saturated heterocycles. The van der Waals surface area contributed by atoms with Crippen molar-refractivity contribution in [3.8, 4) is 0 Å². The van der Waals surface area contributed by atoms with Gasteiger partial charge >= 0.3 is 0 Å². The fourth-order valence-electron chi connectivity index (χ4n) is 4.60. The van der Waals surface area contributed by atoms with Gasteiger partial charge in [0.05, 0.1) is 6.10 Å². The van der Waals surface area contributed by atoms with Crippen molar-refractivity contribution in [3.05, 3.63) is 11.6 Å². The maximum Gasteiger partial charge on any atom is 0.0707 e. The van der Waals surface area contributed by atoms with Crippen LogP contribution in [0.1, 0.15) is 46.5 Å². The van der Waals surface area contributed by atoms with Crippen molar-refractivity contribution in [3.63, 3.8) is 0 Å². The van der Waals surface area contributed by atoms with Crippen molar-refractivity contribution in [2.45, 2.75) is 62.8 Å². The smallest absolute Gasteiger partial charge is 0.0707 e. The largest absolute Gasteiger partial charge is 0.392 e. The first kappa shape index (κ1) is 13.5. The maximum absolute atomic E-state index is 10.3. The summed E-state index contributed by atoms with van der Waals surface area (Å²) in [7, 11) is 0. The lowest BCUT2D eigenvalue weighted by Gasteiger charge is -2.64. The van der Waals surface area contributed by atoms with E-state index in [1.807, 2.05) is 0 Å². The third-order valence-electron chi connectivity index (χ3n) is 6.14. The Kier molecular flexibility index (Phi) is 2.82. The van der Waals surface area contributed by atoms with Crippen LogP contribution in [-0.2, 0) is 0 Å². The van der Waals surface area contributed by atoms with Crippen molar-refractivity contribution >= 4 is 27.5 Å². The molecule has 0 aliphatic heterocycles. The van der Waals surface area contributed by atoms with E-state index in [0.717, 1.165) is 12.8 Å². The number of hydrogen-bond acceptors (Lipinski definition) is 1. The molecular formula is C15H22BrClO. The van der Waals surface area contributed by atoms with E-state index in [1.165, 1.54) is 18.4 Å². The summed E-state index contributed by atoms with van der Waals surface area (Å²) >= 11 is 10.4. The molecule has 5 atom stereocenters. The van der Waals surface area contributed by atoms with Gasteiger partial charge in [0.25, 0.3) is 0 Å².